The highest BCUT2D eigenvalue weighted by Crippen LogP contribution is 1.71. The lowest BCUT2D eigenvalue weighted by molar-refractivity contribution is -0.137. The summed E-state index contributed by atoms with van der Waals surface area (Å²) in [6.45, 7) is 1.54. The van der Waals surface area contributed by atoms with Gasteiger partial charge in [-0.3, -0.25) is 0 Å². The van der Waals surface area contributed by atoms with Gasteiger partial charge >= 0.3 is 5.97 Å². The van der Waals surface area contributed by atoms with Gasteiger partial charge in [0.05, 0.1) is 0 Å². The minimum Gasteiger partial charge on any atom is -0.479 e. The Morgan fingerprint density at radius 3 is 2.50 bits per heavy atom. The monoisotopic (exact) mass is 113 g/mol. The third-order valence-corrected chi connectivity index (χ3v) is 0.566. The lowest BCUT2D eigenvalue weighted by Gasteiger charge is -1.91. The fraction of sp³-hybridized carbons (Fsp3) is 0.400. The van der Waals surface area contributed by atoms with Crippen LogP contribution < -0.4 is 5.73 Å². The maximum Gasteiger partial charge on any atom is 0.333 e. The smallest absolute Gasteiger partial charge is 0.333 e. The Bertz CT molecular complexity index is 142. The van der Waals surface area contributed by atoms with Crippen molar-refractivity contribution >= 4 is 5.97 Å². The Labute approximate surface area is 47.5 Å². The predicted octanol–water partition coefficient (Wildman–Crippen LogP) is -0.578. The van der Waals surface area contributed by atoms with Crippen molar-refractivity contribution < 1.29 is 9.90 Å². The molecule has 1 unspecified atom stereocenters. The number of hydrogen-bond donors (Lipinski definition) is 2. The van der Waals surface area contributed by atoms with Crippen molar-refractivity contribution in [2.75, 3.05) is 0 Å². The largest absolute Gasteiger partial charge is 0.479 e. The van der Waals surface area contributed by atoms with Crippen molar-refractivity contribution in [3.8, 4) is 11.8 Å². The highest BCUT2D eigenvalue weighted by Gasteiger charge is 2.04. The van der Waals surface area contributed by atoms with Crippen LogP contribution in [0.5, 0.6) is 0 Å². The second-order valence-corrected chi connectivity index (χ2v) is 1.21. The maximum atomic E-state index is 9.86. The van der Waals surface area contributed by atoms with Gasteiger partial charge in [-0.15, -0.1) is 5.92 Å². The van der Waals surface area contributed by atoms with Crippen molar-refractivity contribution in [3.63, 3.8) is 0 Å². The van der Waals surface area contributed by atoms with E-state index < -0.39 is 12.0 Å². The Balaban J connectivity index is 3.77. The van der Waals surface area contributed by atoms with E-state index in [1.807, 2.05) is 0 Å². The van der Waals surface area contributed by atoms with Gasteiger partial charge < -0.3 is 10.8 Å². The van der Waals surface area contributed by atoms with Crippen LogP contribution in [-0.4, -0.2) is 17.1 Å². The molecule has 8 heavy (non-hydrogen) atoms. The van der Waals surface area contributed by atoms with Crippen molar-refractivity contribution in [2.45, 2.75) is 13.0 Å². The number of nitrogens with two attached hydrogens (primary N) is 1. The van der Waals surface area contributed by atoms with E-state index in [4.69, 9.17) is 10.8 Å². The van der Waals surface area contributed by atoms with Gasteiger partial charge in [-0.2, -0.15) is 0 Å². The Hall–Kier alpha value is -1.01. The molecule has 44 valence electrons. The minimum absolute atomic E-state index is 1.03. The van der Waals surface area contributed by atoms with E-state index in [9.17, 15) is 4.79 Å². The topological polar surface area (TPSA) is 63.3 Å². The summed E-state index contributed by atoms with van der Waals surface area (Å²) in [6.07, 6.45) is 0. The zero-order chi connectivity index (χ0) is 6.57. The summed E-state index contributed by atoms with van der Waals surface area (Å²) in [6, 6.07) is -1.03. The van der Waals surface area contributed by atoms with Crippen molar-refractivity contribution in [2.24, 2.45) is 5.73 Å². The average Bonchev–Trinajstić information content (AvgIpc) is 1.67. The second kappa shape index (κ2) is 3.05. The van der Waals surface area contributed by atoms with Gasteiger partial charge in [-0.25, -0.2) is 4.79 Å². The van der Waals surface area contributed by atoms with Gasteiger partial charge in [0.2, 0.25) is 0 Å². The van der Waals surface area contributed by atoms with Gasteiger partial charge in [-0.1, -0.05) is 5.92 Å². The molecule has 0 spiro atoms. The minimum atomic E-state index is -1.08. The third-order valence-electron chi connectivity index (χ3n) is 0.566. The third kappa shape index (κ3) is 2.21. The predicted molar refractivity (Wildman–Crippen MR) is 29.1 cm³/mol. The molecule has 1 atom stereocenters. The molecule has 3 heteroatoms. The van der Waals surface area contributed by atoms with Gasteiger partial charge in [-0.05, 0) is 6.92 Å². The zero-order valence-corrected chi connectivity index (χ0v) is 4.51. The molecule has 0 aromatic rings. The van der Waals surface area contributed by atoms with Crippen LogP contribution in [0.25, 0.3) is 0 Å². The van der Waals surface area contributed by atoms with E-state index in [1.165, 1.54) is 0 Å². The molecule has 0 rings (SSSR count). The first kappa shape index (κ1) is 6.99. The molecule has 0 aliphatic heterocycles. The molecule has 0 aliphatic carbocycles. The van der Waals surface area contributed by atoms with Gasteiger partial charge in [0.15, 0.2) is 6.04 Å². The van der Waals surface area contributed by atoms with Gasteiger partial charge in [0.1, 0.15) is 0 Å². The number of aliphatic carboxylic acids is 1. The summed E-state index contributed by atoms with van der Waals surface area (Å²) in [5, 5.41) is 8.09. The first-order chi connectivity index (χ1) is 3.68. The molecule has 0 radical (unpaired) electrons. The standard InChI is InChI=1S/C5H7NO2/c1-2-3-4(6)5(7)8/h4H,6H2,1H3,(H,7,8). The Kier molecular flexibility index (Phi) is 2.67. The van der Waals surface area contributed by atoms with Crippen LogP contribution in [0.1, 0.15) is 6.92 Å². The van der Waals surface area contributed by atoms with Crippen LogP contribution in [0.4, 0.5) is 0 Å². The van der Waals surface area contributed by atoms with E-state index in [0.717, 1.165) is 0 Å². The fourth-order valence-corrected chi connectivity index (χ4v) is 0.217. The number of carbonyl (C=O) groups is 1. The van der Waals surface area contributed by atoms with E-state index in [2.05, 4.69) is 11.8 Å². The van der Waals surface area contributed by atoms with Crippen LogP contribution in [0.2, 0.25) is 0 Å². The number of hydrogen-bond acceptors (Lipinski definition) is 2. The second-order valence-electron chi connectivity index (χ2n) is 1.21. The summed E-state index contributed by atoms with van der Waals surface area (Å²) in [5.74, 6) is 3.58. The summed E-state index contributed by atoms with van der Waals surface area (Å²) in [4.78, 5) is 9.86. The van der Waals surface area contributed by atoms with Crippen LogP contribution in [0.15, 0.2) is 0 Å². The number of carboxylic acids is 1. The lowest BCUT2D eigenvalue weighted by Crippen LogP contribution is -2.27. The first-order valence-electron chi connectivity index (χ1n) is 2.09. The van der Waals surface area contributed by atoms with Crippen molar-refractivity contribution in [1.29, 1.82) is 0 Å². The number of carboxylic acid groups (broad SMARTS) is 1. The SMILES string of the molecule is CC#CC(N)C(=O)O. The van der Waals surface area contributed by atoms with Gasteiger partial charge in [0, 0.05) is 0 Å². The van der Waals surface area contributed by atoms with Crippen LogP contribution in [0.3, 0.4) is 0 Å². The Morgan fingerprint density at radius 1 is 1.88 bits per heavy atom. The molecule has 0 saturated heterocycles. The van der Waals surface area contributed by atoms with E-state index >= 15 is 0 Å². The molecule has 0 aliphatic rings. The molecular formula is C5H7NO2. The zero-order valence-electron chi connectivity index (χ0n) is 4.51. The molecular weight excluding hydrogens is 106 g/mol. The quantitative estimate of drug-likeness (QED) is 0.447. The molecule has 0 saturated carbocycles. The Morgan fingerprint density at radius 2 is 2.38 bits per heavy atom. The van der Waals surface area contributed by atoms with Crippen molar-refractivity contribution in [1.82, 2.24) is 0 Å². The summed E-state index contributed by atoms with van der Waals surface area (Å²) in [7, 11) is 0. The maximum absolute atomic E-state index is 9.86. The summed E-state index contributed by atoms with van der Waals surface area (Å²) >= 11 is 0. The van der Waals surface area contributed by atoms with E-state index in [-0.39, 0.29) is 0 Å². The van der Waals surface area contributed by atoms with Gasteiger partial charge in [0.25, 0.3) is 0 Å². The number of rotatable bonds is 1. The van der Waals surface area contributed by atoms with Crippen molar-refractivity contribution in [3.05, 3.63) is 0 Å². The summed E-state index contributed by atoms with van der Waals surface area (Å²) < 4.78 is 0. The highest BCUT2D eigenvalue weighted by atomic mass is 16.4. The fourth-order valence-electron chi connectivity index (χ4n) is 0.217. The molecule has 0 fully saturated rings. The molecule has 0 heterocycles. The molecule has 3 nitrogen and oxygen atoms in total. The molecule has 0 amide bonds. The van der Waals surface area contributed by atoms with Crippen LogP contribution in [0, 0.1) is 11.8 Å². The first-order valence-corrected chi connectivity index (χ1v) is 2.09. The summed E-state index contributed by atoms with van der Waals surface area (Å²) in [5.41, 5.74) is 4.95. The average molecular weight is 113 g/mol. The molecule has 0 bridgehead atoms. The highest BCUT2D eigenvalue weighted by molar-refractivity contribution is 5.76. The molecule has 3 N–H and O–H groups in total. The van der Waals surface area contributed by atoms with Crippen LogP contribution in [-0.2, 0) is 4.79 Å². The molecule has 0 aromatic carbocycles. The lowest BCUT2D eigenvalue weighted by atomic mass is 10.3. The van der Waals surface area contributed by atoms with Crippen LogP contribution >= 0.6 is 0 Å². The van der Waals surface area contributed by atoms with E-state index in [0.29, 0.717) is 0 Å². The molecule has 0 aromatic heterocycles. The normalized spacial score (nSPS) is 11.2. The van der Waals surface area contributed by atoms with E-state index in [1.54, 1.807) is 6.92 Å².